The number of aryl methyl sites for hydroxylation is 1. The van der Waals surface area contributed by atoms with Gasteiger partial charge in [-0.15, -0.1) is 0 Å². The Hall–Kier alpha value is -3.10. The van der Waals surface area contributed by atoms with Crippen LogP contribution in [0.2, 0.25) is 0 Å². The van der Waals surface area contributed by atoms with Gasteiger partial charge in [0.15, 0.2) is 0 Å². The lowest BCUT2D eigenvalue weighted by molar-refractivity contribution is -0.126. The normalized spacial score (nSPS) is 18.1. The van der Waals surface area contributed by atoms with Gasteiger partial charge < -0.3 is 5.32 Å². The molecule has 1 aliphatic carbocycles. The molecular weight excluding hydrogens is 494 g/mol. The van der Waals surface area contributed by atoms with Gasteiger partial charge in [0.2, 0.25) is 15.9 Å². The zero-order chi connectivity index (χ0) is 26.4. The fraction of sp³-hybridized carbons (Fsp3) is 0.345. The Balaban J connectivity index is 1.41. The molecule has 0 bridgehead atoms. The van der Waals surface area contributed by atoms with Gasteiger partial charge in [-0.25, -0.2) is 17.2 Å². The molecule has 0 aliphatic heterocycles. The van der Waals surface area contributed by atoms with Crippen molar-refractivity contribution < 1.29 is 22.0 Å². The maximum absolute atomic E-state index is 14.5. The van der Waals surface area contributed by atoms with Crippen molar-refractivity contribution in [2.75, 3.05) is 6.54 Å². The molecule has 0 atom stereocenters. The summed E-state index contributed by atoms with van der Waals surface area (Å²) in [5, 5.41) is 3.01. The molecule has 1 aliphatic rings. The highest BCUT2D eigenvalue weighted by Gasteiger charge is 2.33. The molecule has 37 heavy (non-hydrogen) atoms. The molecule has 1 saturated carbocycles. The van der Waals surface area contributed by atoms with Crippen LogP contribution in [0.25, 0.3) is 0 Å². The highest BCUT2D eigenvalue weighted by atomic mass is 32.2. The van der Waals surface area contributed by atoms with Crippen LogP contribution in [0, 0.1) is 30.4 Å². The molecule has 4 rings (SSSR count). The summed E-state index contributed by atoms with van der Waals surface area (Å²) in [6.07, 6.45) is 2.65. The molecule has 5 nitrogen and oxygen atoms in total. The van der Waals surface area contributed by atoms with E-state index in [1.54, 1.807) is 12.1 Å². The van der Waals surface area contributed by atoms with Crippen LogP contribution in [0.1, 0.15) is 42.4 Å². The van der Waals surface area contributed by atoms with E-state index in [9.17, 15) is 22.0 Å². The summed E-state index contributed by atoms with van der Waals surface area (Å²) in [4.78, 5) is 12.1. The Morgan fingerprint density at radius 1 is 0.919 bits per heavy atom. The standard InChI is InChI=1S/C29H32F2N2O3S/c1-21-7-9-22(10-8-21)18-32-29(34)25-13-11-24(12-14-25)20-33(19-23-5-3-2-4-6-23)37(35,36)28-17-26(30)15-16-27(28)31/h2-10,15-17,24-25H,11-14,18-20H2,1H3,(H,32,34). The van der Waals surface area contributed by atoms with Crippen molar-refractivity contribution in [2.45, 2.75) is 50.6 Å². The Bertz CT molecular complexity index is 1310. The van der Waals surface area contributed by atoms with Crippen molar-refractivity contribution >= 4 is 15.9 Å². The number of carbonyl (C=O) groups excluding carboxylic acids is 1. The van der Waals surface area contributed by atoms with E-state index in [0.29, 0.717) is 32.2 Å². The number of sulfonamides is 1. The molecule has 196 valence electrons. The van der Waals surface area contributed by atoms with Crippen LogP contribution < -0.4 is 5.32 Å². The molecule has 1 N–H and O–H groups in total. The van der Waals surface area contributed by atoms with Gasteiger partial charge in [-0.2, -0.15) is 4.31 Å². The van der Waals surface area contributed by atoms with E-state index in [0.717, 1.165) is 34.9 Å². The van der Waals surface area contributed by atoms with E-state index in [1.807, 2.05) is 49.4 Å². The minimum atomic E-state index is -4.28. The van der Waals surface area contributed by atoms with Crippen LogP contribution in [-0.4, -0.2) is 25.2 Å². The molecular formula is C29H32F2N2O3S. The SMILES string of the molecule is Cc1ccc(CNC(=O)C2CCC(CN(Cc3ccccc3)S(=O)(=O)c3cc(F)ccc3F)CC2)cc1. The monoisotopic (exact) mass is 526 g/mol. The third kappa shape index (κ3) is 7.02. The molecule has 3 aromatic rings. The van der Waals surface area contributed by atoms with Gasteiger partial charge in [-0.05, 0) is 67.9 Å². The zero-order valence-corrected chi connectivity index (χ0v) is 21.7. The lowest BCUT2D eigenvalue weighted by Crippen LogP contribution is -2.38. The number of hydrogen-bond donors (Lipinski definition) is 1. The molecule has 0 saturated heterocycles. The van der Waals surface area contributed by atoms with Gasteiger partial charge in [0, 0.05) is 25.6 Å². The summed E-state index contributed by atoms with van der Waals surface area (Å²) in [6.45, 7) is 2.71. The molecule has 0 heterocycles. The molecule has 8 heteroatoms. The molecule has 0 spiro atoms. The van der Waals surface area contributed by atoms with Crippen LogP contribution in [0.4, 0.5) is 8.78 Å². The van der Waals surface area contributed by atoms with Crippen molar-refractivity contribution in [3.05, 3.63) is 101 Å². The van der Waals surface area contributed by atoms with Crippen molar-refractivity contribution in [1.82, 2.24) is 9.62 Å². The number of rotatable bonds is 9. The van der Waals surface area contributed by atoms with E-state index in [-0.39, 0.29) is 30.8 Å². The maximum atomic E-state index is 14.5. The predicted octanol–water partition coefficient (Wildman–Crippen LogP) is 5.59. The van der Waals surface area contributed by atoms with Gasteiger partial charge >= 0.3 is 0 Å². The fourth-order valence-electron chi connectivity index (χ4n) is 4.78. The quantitative estimate of drug-likeness (QED) is 0.396. The van der Waals surface area contributed by atoms with Gasteiger partial charge in [0.25, 0.3) is 0 Å². The second-order valence-electron chi connectivity index (χ2n) is 9.78. The van der Waals surface area contributed by atoms with Crippen LogP contribution in [-0.2, 0) is 27.9 Å². The van der Waals surface area contributed by atoms with Crippen LogP contribution in [0.15, 0.2) is 77.7 Å². The zero-order valence-electron chi connectivity index (χ0n) is 20.9. The van der Waals surface area contributed by atoms with Gasteiger partial charge in [-0.3, -0.25) is 4.79 Å². The number of amides is 1. The smallest absolute Gasteiger partial charge is 0.246 e. The number of nitrogens with zero attached hydrogens (tertiary/aromatic N) is 1. The van der Waals surface area contributed by atoms with E-state index in [4.69, 9.17) is 0 Å². The van der Waals surface area contributed by atoms with E-state index >= 15 is 0 Å². The summed E-state index contributed by atoms with van der Waals surface area (Å²) in [6, 6.07) is 19.6. The third-order valence-corrected chi connectivity index (χ3v) is 8.81. The highest BCUT2D eigenvalue weighted by Crippen LogP contribution is 2.32. The first-order valence-corrected chi connectivity index (χ1v) is 14.0. The van der Waals surface area contributed by atoms with Gasteiger partial charge in [0.05, 0.1) is 0 Å². The molecule has 0 radical (unpaired) electrons. The first kappa shape index (κ1) is 26.9. The Kier molecular flexibility index (Phi) is 8.71. The summed E-state index contributed by atoms with van der Waals surface area (Å²) >= 11 is 0. The molecule has 1 fully saturated rings. The number of halogens is 2. The largest absolute Gasteiger partial charge is 0.352 e. The minimum absolute atomic E-state index is 0.00891. The molecule has 1 amide bonds. The van der Waals surface area contributed by atoms with Crippen molar-refractivity contribution in [1.29, 1.82) is 0 Å². The number of benzene rings is 3. The fourth-order valence-corrected chi connectivity index (χ4v) is 6.36. The molecule has 0 aromatic heterocycles. The molecule has 3 aromatic carbocycles. The maximum Gasteiger partial charge on any atom is 0.246 e. The van der Waals surface area contributed by atoms with Gasteiger partial charge in [-0.1, -0.05) is 60.2 Å². The Morgan fingerprint density at radius 3 is 2.27 bits per heavy atom. The van der Waals surface area contributed by atoms with Crippen molar-refractivity contribution in [2.24, 2.45) is 11.8 Å². The van der Waals surface area contributed by atoms with E-state index in [1.165, 1.54) is 4.31 Å². The van der Waals surface area contributed by atoms with Crippen molar-refractivity contribution in [3.63, 3.8) is 0 Å². The first-order valence-electron chi connectivity index (χ1n) is 12.5. The summed E-state index contributed by atoms with van der Waals surface area (Å²) in [5.41, 5.74) is 2.96. The van der Waals surface area contributed by atoms with E-state index in [2.05, 4.69) is 5.32 Å². The first-order chi connectivity index (χ1) is 17.7. The second-order valence-corrected chi connectivity index (χ2v) is 11.7. The third-order valence-electron chi connectivity index (χ3n) is 6.98. The van der Waals surface area contributed by atoms with Crippen LogP contribution >= 0.6 is 0 Å². The average molecular weight is 527 g/mol. The van der Waals surface area contributed by atoms with Crippen molar-refractivity contribution in [3.8, 4) is 0 Å². The molecule has 0 unspecified atom stereocenters. The minimum Gasteiger partial charge on any atom is -0.352 e. The average Bonchev–Trinajstić information content (AvgIpc) is 2.90. The van der Waals surface area contributed by atoms with Crippen LogP contribution in [0.5, 0.6) is 0 Å². The topological polar surface area (TPSA) is 66.5 Å². The second kappa shape index (κ2) is 12.0. The number of hydrogen-bond acceptors (Lipinski definition) is 3. The lowest BCUT2D eigenvalue weighted by atomic mass is 9.81. The number of carbonyl (C=O) groups is 1. The lowest BCUT2D eigenvalue weighted by Gasteiger charge is -2.32. The highest BCUT2D eigenvalue weighted by molar-refractivity contribution is 7.89. The predicted molar refractivity (Wildman–Crippen MR) is 139 cm³/mol. The Morgan fingerprint density at radius 2 is 1.59 bits per heavy atom. The van der Waals surface area contributed by atoms with Gasteiger partial charge in [0.1, 0.15) is 16.5 Å². The number of nitrogens with one attached hydrogen (secondary N) is 1. The summed E-state index contributed by atoms with van der Waals surface area (Å²) in [7, 11) is -4.28. The van der Waals surface area contributed by atoms with Crippen LogP contribution in [0.3, 0.4) is 0 Å². The summed E-state index contributed by atoms with van der Waals surface area (Å²) < 4.78 is 56.5. The van der Waals surface area contributed by atoms with E-state index < -0.39 is 26.6 Å². The Labute approximate surface area is 217 Å². The summed E-state index contributed by atoms with van der Waals surface area (Å²) in [5.74, 6) is -1.89.